The molecule has 0 radical (unpaired) electrons. The molecule has 0 spiro atoms. The Morgan fingerprint density at radius 3 is 2.15 bits per heavy atom. The lowest BCUT2D eigenvalue weighted by atomic mass is 10.2. The van der Waals surface area contributed by atoms with Gasteiger partial charge in [-0.2, -0.15) is 0 Å². The van der Waals surface area contributed by atoms with Gasteiger partial charge in [-0.25, -0.2) is 8.42 Å². The van der Waals surface area contributed by atoms with Crippen LogP contribution in [0, 0.1) is 6.92 Å². The number of hydrogen-bond acceptors (Lipinski definition) is 4. The van der Waals surface area contributed by atoms with E-state index in [-0.39, 0.29) is 4.90 Å². The smallest absolute Gasteiger partial charge is 0.261 e. The normalized spacial score (nSPS) is 11.0. The highest BCUT2D eigenvalue weighted by Gasteiger charge is 2.15. The molecule has 5 nitrogen and oxygen atoms in total. The maximum Gasteiger partial charge on any atom is 0.261 e. The molecule has 0 aliphatic carbocycles. The summed E-state index contributed by atoms with van der Waals surface area (Å²) >= 11 is 0. The maximum absolute atomic E-state index is 12.6. The minimum atomic E-state index is -3.65. The average molecular weight is 382 g/mol. The van der Waals surface area contributed by atoms with E-state index in [4.69, 9.17) is 4.74 Å². The van der Waals surface area contributed by atoms with Gasteiger partial charge in [-0.05, 0) is 43.3 Å². The fraction of sp³-hybridized carbons (Fsp3) is 0.143. The Morgan fingerprint density at radius 1 is 0.815 bits per heavy atom. The molecule has 0 unspecified atom stereocenters. The van der Waals surface area contributed by atoms with Crippen molar-refractivity contribution in [1.82, 2.24) is 0 Å². The number of benzene rings is 3. The molecule has 3 rings (SSSR count). The first-order chi connectivity index (χ1) is 13.0. The van der Waals surface area contributed by atoms with Crippen LogP contribution in [0.2, 0.25) is 0 Å². The number of para-hydroxylation sites is 3. The molecule has 0 amide bonds. The first kappa shape index (κ1) is 18.8. The van der Waals surface area contributed by atoms with Crippen LogP contribution in [0.1, 0.15) is 5.56 Å². The molecule has 0 saturated heterocycles. The minimum absolute atomic E-state index is 0.232. The van der Waals surface area contributed by atoms with Crippen molar-refractivity contribution in [2.45, 2.75) is 11.8 Å². The van der Waals surface area contributed by atoms with E-state index in [2.05, 4.69) is 10.0 Å². The second-order valence-corrected chi connectivity index (χ2v) is 7.73. The van der Waals surface area contributed by atoms with E-state index in [1.807, 2.05) is 49.4 Å². The van der Waals surface area contributed by atoms with Crippen molar-refractivity contribution >= 4 is 21.4 Å². The predicted octanol–water partition coefficient (Wildman–Crippen LogP) is 4.29. The number of ether oxygens (including phenoxy) is 1. The summed E-state index contributed by atoms with van der Waals surface area (Å²) in [5.41, 5.74) is 2.21. The van der Waals surface area contributed by atoms with Gasteiger partial charge in [0, 0.05) is 6.54 Å². The zero-order chi connectivity index (χ0) is 19.1. The molecular formula is C21H22N2O3S. The zero-order valence-corrected chi connectivity index (χ0v) is 15.9. The van der Waals surface area contributed by atoms with E-state index in [1.165, 1.54) is 0 Å². The Balaban J connectivity index is 1.64. The summed E-state index contributed by atoms with van der Waals surface area (Å²) in [7, 11) is -3.65. The molecule has 0 heterocycles. The number of rotatable bonds is 8. The van der Waals surface area contributed by atoms with Crippen LogP contribution < -0.4 is 14.8 Å². The maximum atomic E-state index is 12.6. The highest BCUT2D eigenvalue weighted by Crippen LogP contribution is 2.24. The van der Waals surface area contributed by atoms with Crippen molar-refractivity contribution < 1.29 is 13.2 Å². The lowest BCUT2D eigenvalue weighted by Gasteiger charge is -2.14. The number of anilines is 2. The highest BCUT2D eigenvalue weighted by molar-refractivity contribution is 7.92. The first-order valence-corrected chi connectivity index (χ1v) is 10.1. The Hall–Kier alpha value is -2.99. The second kappa shape index (κ2) is 8.60. The van der Waals surface area contributed by atoms with Crippen LogP contribution in [-0.2, 0) is 10.0 Å². The molecule has 3 aromatic rings. The first-order valence-electron chi connectivity index (χ1n) is 8.65. The molecular weight excluding hydrogens is 360 g/mol. The molecule has 0 bridgehead atoms. The molecule has 140 valence electrons. The molecule has 0 fully saturated rings. The average Bonchev–Trinajstić information content (AvgIpc) is 2.67. The summed E-state index contributed by atoms with van der Waals surface area (Å²) in [6.45, 7) is 2.92. The van der Waals surface area contributed by atoms with Gasteiger partial charge in [0.15, 0.2) is 0 Å². The third kappa shape index (κ3) is 5.24. The van der Waals surface area contributed by atoms with Gasteiger partial charge < -0.3 is 10.1 Å². The molecule has 0 atom stereocenters. The number of hydrogen-bond donors (Lipinski definition) is 2. The molecule has 6 heteroatoms. The van der Waals surface area contributed by atoms with Crippen molar-refractivity contribution in [2.24, 2.45) is 0 Å². The fourth-order valence-corrected chi connectivity index (χ4v) is 3.60. The lowest BCUT2D eigenvalue weighted by molar-refractivity contribution is 0.333. The van der Waals surface area contributed by atoms with Crippen LogP contribution in [0.5, 0.6) is 5.75 Å². The quantitative estimate of drug-likeness (QED) is 0.571. The standard InChI is InChI=1S/C21H22N2O3S/c1-17-11-13-19(14-12-17)27(24,25)23-21-10-6-5-9-20(21)22-15-16-26-18-7-3-2-4-8-18/h2-14,22-23H,15-16H2,1H3. The Morgan fingerprint density at radius 2 is 1.44 bits per heavy atom. The van der Waals surface area contributed by atoms with Gasteiger partial charge in [-0.3, -0.25) is 4.72 Å². The summed E-state index contributed by atoms with van der Waals surface area (Å²) in [6.07, 6.45) is 0. The van der Waals surface area contributed by atoms with Crippen molar-refractivity contribution in [2.75, 3.05) is 23.2 Å². The van der Waals surface area contributed by atoms with E-state index in [1.54, 1.807) is 36.4 Å². The van der Waals surface area contributed by atoms with Crippen molar-refractivity contribution in [3.8, 4) is 5.75 Å². The Kier molecular flexibility index (Phi) is 5.98. The van der Waals surface area contributed by atoms with Crippen LogP contribution >= 0.6 is 0 Å². The predicted molar refractivity (Wildman–Crippen MR) is 109 cm³/mol. The number of sulfonamides is 1. The van der Waals surface area contributed by atoms with Gasteiger partial charge >= 0.3 is 0 Å². The summed E-state index contributed by atoms with van der Waals surface area (Å²) in [4.78, 5) is 0.232. The van der Waals surface area contributed by atoms with Gasteiger partial charge in [0.25, 0.3) is 10.0 Å². The van der Waals surface area contributed by atoms with E-state index >= 15 is 0 Å². The molecule has 2 N–H and O–H groups in total. The largest absolute Gasteiger partial charge is 0.492 e. The monoisotopic (exact) mass is 382 g/mol. The van der Waals surface area contributed by atoms with Crippen molar-refractivity contribution in [1.29, 1.82) is 0 Å². The van der Waals surface area contributed by atoms with Crippen LogP contribution in [0.4, 0.5) is 11.4 Å². The van der Waals surface area contributed by atoms with Gasteiger partial charge in [-0.15, -0.1) is 0 Å². The second-order valence-electron chi connectivity index (χ2n) is 6.05. The summed E-state index contributed by atoms with van der Waals surface area (Å²) < 4.78 is 33.5. The van der Waals surface area contributed by atoms with Crippen LogP contribution in [0.15, 0.2) is 83.8 Å². The lowest BCUT2D eigenvalue weighted by Crippen LogP contribution is -2.16. The summed E-state index contributed by atoms with van der Waals surface area (Å²) in [5.74, 6) is 0.799. The van der Waals surface area contributed by atoms with Gasteiger partial charge in [0.1, 0.15) is 12.4 Å². The molecule has 3 aromatic carbocycles. The molecule has 0 saturated carbocycles. The van der Waals surface area contributed by atoms with Crippen LogP contribution in [0.25, 0.3) is 0 Å². The Labute approximate surface area is 160 Å². The van der Waals surface area contributed by atoms with Gasteiger partial charge in [-0.1, -0.05) is 48.0 Å². The highest BCUT2D eigenvalue weighted by atomic mass is 32.2. The topological polar surface area (TPSA) is 67.4 Å². The van der Waals surface area contributed by atoms with E-state index in [0.29, 0.717) is 24.5 Å². The van der Waals surface area contributed by atoms with Crippen LogP contribution in [0.3, 0.4) is 0 Å². The zero-order valence-electron chi connectivity index (χ0n) is 15.1. The molecule has 0 aromatic heterocycles. The van der Waals surface area contributed by atoms with E-state index in [9.17, 15) is 8.42 Å². The van der Waals surface area contributed by atoms with E-state index < -0.39 is 10.0 Å². The van der Waals surface area contributed by atoms with Gasteiger partial charge in [0.05, 0.1) is 16.3 Å². The van der Waals surface area contributed by atoms with Crippen molar-refractivity contribution in [3.63, 3.8) is 0 Å². The SMILES string of the molecule is Cc1ccc(S(=O)(=O)Nc2ccccc2NCCOc2ccccc2)cc1. The molecule has 0 aliphatic rings. The Bertz CT molecular complexity index is 972. The minimum Gasteiger partial charge on any atom is -0.492 e. The molecule has 27 heavy (non-hydrogen) atoms. The number of nitrogens with one attached hydrogen (secondary N) is 2. The molecule has 0 aliphatic heterocycles. The fourth-order valence-electron chi connectivity index (χ4n) is 2.52. The number of aryl methyl sites for hydroxylation is 1. The third-order valence-electron chi connectivity index (χ3n) is 3.93. The van der Waals surface area contributed by atoms with Crippen LogP contribution in [-0.4, -0.2) is 21.6 Å². The summed E-state index contributed by atoms with van der Waals surface area (Å²) in [6, 6.07) is 23.5. The van der Waals surface area contributed by atoms with Gasteiger partial charge in [0.2, 0.25) is 0 Å². The van der Waals surface area contributed by atoms with E-state index in [0.717, 1.165) is 11.3 Å². The summed E-state index contributed by atoms with van der Waals surface area (Å²) in [5, 5.41) is 3.21. The van der Waals surface area contributed by atoms with Crippen molar-refractivity contribution in [3.05, 3.63) is 84.4 Å². The third-order valence-corrected chi connectivity index (χ3v) is 5.31.